The van der Waals surface area contributed by atoms with Crippen molar-refractivity contribution in [3.8, 4) is 22.4 Å². The van der Waals surface area contributed by atoms with E-state index in [-0.39, 0.29) is 0 Å². The number of fused-ring (bicyclic) bond motifs is 1. The summed E-state index contributed by atoms with van der Waals surface area (Å²) in [6.45, 7) is 10.7. The largest absolute Gasteiger partial charge is 0.256 e. The second-order valence-corrected chi connectivity index (χ2v) is 11.3. The highest BCUT2D eigenvalue weighted by atomic mass is 14.9. The minimum Gasteiger partial charge on any atom is -0.256 e. The smallest absolute Gasteiger partial charge is 0.160 e. The normalized spacial score (nSPS) is 12.2. The van der Waals surface area contributed by atoms with Crippen LogP contribution in [0.3, 0.4) is 0 Å². The average molecular weight is 596 g/mol. The van der Waals surface area contributed by atoms with Crippen molar-refractivity contribution in [2.45, 2.75) is 27.2 Å². The Hall–Kier alpha value is -5.67. The summed E-state index contributed by atoms with van der Waals surface area (Å²) < 4.78 is 0. The van der Waals surface area contributed by atoms with Crippen molar-refractivity contribution in [1.29, 1.82) is 0 Å². The summed E-state index contributed by atoms with van der Waals surface area (Å²) in [6, 6.07) is 43.7. The maximum atomic E-state index is 5.16. The summed E-state index contributed by atoms with van der Waals surface area (Å²) >= 11 is 0. The average Bonchev–Trinajstić information content (AvgIpc) is 3.11. The van der Waals surface area contributed by atoms with Gasteiger partial charge in [0.25, 0.3) is 0 Å². The second kappa shape index (κ2) is 14.0. The number of rotatable bonds is 8. The van der Waals surface area contributed by atoms with E-state index in [0.717, 1.165) is 45.6 Å². The lowest BCUT2D eigenvalue weighted by molar-refractivity contribution is 1.23. The molecule has 6 aromatic rings. The molecule has 224 valence electrons. The first-order valence-electron chi connectivity index (χ1n) is 15.7. The molecule has 0 N–H and O–H groups in total. The van der Waals surface area contributed by atoms with E-state index in [4.69, 9.17) is 15.0 Å². The molecule has 0 saturated heterocycles. The quantitative estimate of drug-likeness (QED) is 0.127. The Morgan fingerprint density at radius 2 is 1.39 bits per heavy atom. The van der Waals surface area contributed by atoms with Crippen LogP contribution in [0.15, 0.2) is 156 Å². The molecular formula is C43H37N3. The third kappa shape index (κ3) is 6.69. The lowest BCUT2D eigenvalue weighted by Crippen LogP contribution is -2.05. The van der Waals surface area contributed by atoms with Gasteiger partial charge in [-0.15, -0.1) is 0 Å². The molecule has 0 saturated carbocycles. The molecule has 1 heterocycles. The van der Waals surface area contributed by atoms with Crippen molar-refractivity contribution < 1.29 is 0 Å². The van der Waals surface area contributed by atoms with E-state index in [1.54, 1.807) is 0 Å². The van der Waals surface area contributed by atoms with Gasteiger partial charge in [0.2, 0.25) is 0 Å². The molecule has 0 bridgehead atoms. The molecule has 0 aliphatic heterocycles. The van der Waals surface area contributed by atoms with E-state index >= 15 is 0 Å². The van der Waals surface area contributed by atoms with Crippen LogP contribution in [0.4, 0.5) is 0 Å². The number of amidine groups is 1. The minimum absolute atomic E-state index is 0.616. The zero-order valence-corrected chi connectivity index (χ0v) is 26.6. The Labute approximate surface area is 272 Å². The van der Waals surface area contributed by atoms with Gasteiger partial charge in [-0.3, -0.25) is 4.98 Å². The molecule has 0 unspecified atom stereocenters. The van der Waals surface area contributed by atoms with Gasteiger partial charge < -0.3 is 0 Å². The van der Waals surface area contributed by atoms with E-state index in [9.17, 15) is 0 Å². The zero-order valence-electron chi connectivity index (χ0n) is 26.6. The third-order valence-electron chi connectivity index (χ3n) is 8.15. The van der Waals surface area contributed by atoms with Crippen molar-refractivity contribution >= 4 is 34.1 Å². The molecule has 5 aromatic carbocycles. The summed E-state index contributed by atoms with van der Waals surface area (Å²) in [4.78, 5) is 14.8. The first kappa shape index (κ1) is 30.4. The fraction of sp³-hybridized carbons (Fsp3) is 0.0930. The van der Waals surface area contributed by atoms with Gasteiger partial charge >= 0.3 is 0 Å². The van der Waals surface area contributed by atoms with Crippen molar-refractivity contribution in [2.75, 3.05) is 0 Å². The summed E-state index contributed by atoms with van der Waals surface area (Å²) in [5, 5.41) is 2.49. The van der Waals surface area contributed by atoms with E-state index in [1.165, 1.54) is 27.5 Å². The first-order chi connectivity index (χ1) is 22.5. The third-order valence-corrected chi connectivity index (χ3v) is 8.15. The lowest BCUT2D eigenvalue weighted by atomic mass is 9.88. The van der Waals surface area contributed by atoms with E-state index < -0.39 is 0 Å². The number of hydrogen-bond acceptors (Lipinski definition) is 2. The molecule has 6 rings (SSSR count). The van der Waals surface area contributed by atoms with Crippen LogP contribution in [0, 0.1) is 6.92 Å². The molecule has 0 spiro atoms. The van der Waals surface area contributed by atoms with Gasteiger partial charge in [-0.2, -0.15) is 0 Å². The van der Waals surface area contributed by atoms with Gasteiger partial charge in [-0.1, -0.05) is 117 Å². The Balaban J connectivity index is 1.55. The van der Waals surface area contributed by atoms with Crippen LogP contribution in [0.2, 0.25) is 0 Å². The van der Waals surface area contributed by atoms with Crippen molar-refractivity contribution in [2.24, 2.45) is 9.98 Å². The van der Waals surface area contributed by atoms with Crippen molar-refractivity contribution in [3.05, 3.63) is 174 Å². The highest BCUT2D eigenvalue weighted by Gasteiger charge is 2.15. The number of aryl methyl sites for hydroxylation is 1. The first-order valence-corrected chi connectivity index (χ1v) is 15.7. The SMILES string of the molecule is C=C(N=C(N=C(C)c1cc(-c2ccccn2)cc(-c2cc3ccccc3c(C)c2/C=C\CC)c1)c1ccccc1)c1ccccc1. The highest BCUT2D eigenvalue weighted by Crippen LogP contribution is 2.36. The topological polar surface area (TPSA) is 37.6 Å². The van der Waals surface area contributed by atoms with Crippen molar-refractivity contribution in [3.63, 3.8) is 0 Å². The molecule has 0 amide bonds. The van der Waals surface area contributed by atoms with E-state index in [0.29, 0.717) is 11.5 Å². The van der Waals surface area contributed by atoms with Crippen LogP contribution in [0.5, 0.6) is 0 Å². The number of allylic oxidation sites excluding steroid dienone is 1. The molecule has 0 aliphatic carbocycles. The number of pyridine rings is 1. The number of benzene rings is 5. The maximum absolute atomic E-state index is 5.16. The van der Waals surface area contributed by atoms with E-state index in [1.807, 2.05) is 79.0 Å². The van der Waals surface area contributed by atoms with Crippen LogP contribution in [0.25, 0.3) is 44.9 Å². The fourth-order valence-corrected chi connectivity index (χ4v) is 5.70. The van der Waals surface area contributed by atoms with Gasteiger partial charge in [0.05, 0.1) is 11.4 Å². The van der Waals surface area contributed by atoms with E-state index in [2.05, 4.69) is 94.1 Å². The lowest BCUT2D eigenvalue weighted by Gasteiger charge is -2.16. The standard InChI is InChI=1S/C43H37N3/c1-5-6-22-40-30(2)39-23-14-13-21-35(39)29-41(40)37-26-36(27-38(28-37)42-24-15-16-25-44-42)32(4)46-43(34-19-11-8-12-20-34)45-31(3)33-17-9-7-10-18-33/h6-29H,3,5H2,1-2,4H3/b22-6-,45-43?,46-32?. The molecule has 0 fully saturated rings. The Bertz CT molecular complexity index is 2090. The van der Waals surface area contributed by atoms with Gasteiger partial charge in [0.1, 0.15) is 0 Å². The minimum atomic E-state index is 0.616. The predicted molar refractivity (Wildman–Crippen MR) is 197 cm³/mol. The monoisotopic (exact) mass is 595 g/mol. The molecular weight excluding hydrogens is 558 g/mol. The van der Waals surface area contributed by atoms with Gasteiger partial charge in [-0.25, -0.2) is 9.98 Å². The molecule has 46 heavy (non-hydrogen) atoms. The predicted octanol–water partition coefficient (Wildman–Crippen LogP) is 11.2. The van der Waals surface area contributed by atoms with Gasteiger partial charge in [0, 0.05) is 23.0 Å². The van der Waals surface area contributed by atoms with Gasteiger partial charge in [-0.05, 0) is 101 Å². The van der Waals surface area contributed by atoms with Crippen LogP contribution in [0.1, 0.15) is 48.1 Å². The molecule has 3 nitrogen and oxygen atoms in total. The molecule has 3 heteroatoms. The van der Waals surface area contributed by atoms with Crippen LogP contribution < -0.4 is 0 Å². The molecule has 0 aliphatic rings. The Kier molecular flexibility index (Phi) is 9.22. The fourth-order valence-electron chi connectivity index (χ4n) is 5.70. The molecule has 1 aromatic heterocycles. The van der Waals surface area contributed by atoms with Crippen LogP contribution in [-0.2, 0) is 0 Å². The van der Waals surface area contributed by atoms with Crippen molar-refractivity contribution in [1.82, 2.24) is 4.98 Å². The summed E-state index contributed by atoms with van der Waals surface area (Å²) in [7, 11) is 0. The molecule has 0 atom stereocenters. The van der Waals surface area contributed by atoms with Crippen LogP contribution in [-0.4, -0.2) is 16.5 Å². The summed E-state index contributed by atoms with van der Waals surface area (Å²) in [6.07, 6.45) is 7.31. The van der Waals surface area contributed by atoms with Gasteiger partial charge in [0.15, 0.2) is 5.84 Å². The van der Waals surface area contributed by atoms with Crippen LogP contribution >= 0.6 is 0 Å². The Morgan fingerprint density at radius 1 is 0.717 bits per heavy atom. The summed E-state index contributed by atoms with van der Waals surface area (Å²) in [5.41, 5.74) is 11.1. The zero-order chi connectivity index (χ0) is 31.9. The molecule has 0 radical (unpaired) electrons. The highest BCUT2D eigenvalue weighted by molar-refractivity contribution is 6.13. The number of hydrogen-bond donors (Lipinski definition) is 0. The number of aliphatic imine (C=N–C) groups is 2. The second-order valence-electron chi connectivity index (χ2n) is 11.3. The Morgan fingerprint density at radius 3 is 2.11 bits per heavy atom. The summed E-state index contributed by atoms with van der Waals surface area (Å²) in [5.74, 6) is 0.616. The maximum Gasteiger partial charge on any atom is 0.160 e. The number of aromatic nitrogens is 1. The number of nitrogens with zero attached hydrogens (tertiary/aromatic N) is 3.